The third kappa shape index (κ3) is 3.97. The number of nitrogens with zero attached hydrogens (tertiary/aromatic N) is 2. The molecule has 4 nitrogen and oxygen atoms in total. The summed E-state index contributed by atoms with van der Waals surface area (Å²) >= 11 is 0. The predicted octanol–water partition coefficient (Wildman–Crippen LogP) is 4.01. The first-order chi connectivity index (χ1) is 13.0. The number of carbonyl (C=O) groups is 1. The Morgan fingerprint density at radius 3 is 2.41 bits per heavy atom. The molecule has 3 aromatic rings. The number of aromatic nitrogens is 1. The summed E-state index contributed by atoms with van der Waals surface area (Å²) < 4.78 is 14.5. The number of benzene rings is 2. The Balaban J connectivity index is 1.94. The highest BCUT2D eigenvalue weighted by Gasteiger charge is 2.21. The van der Waals surface area contributed by atoms with E-state index >= 15 is 0 Å². The van der Waals surface area contributed by atoms with Crippen molar-refractivity contribution in [1.29, 1.82) is 0 Å². The molecule has 0 saturated carbocycles. The number of hydrogen-bond donors (Lipinski definition) is 0. The maximum absolute atomic E-state index is 13.1. The van der Waals surface area contributed by atoms with Gasteiger partial charge in [-0.05, 0) is 55.3 Å². The van der Waals surface area contributed by atoms with Crippen LogP contribution < -0.4 is 10.5 Å². The Bertz CT molecular complexity index is 1010. The average molecular weight is 364 g/mol. The number of para-hydroxylation sites is 1. The highest BCUT2D eigenvalue weighted by atomic mass is 19.1. The summed E-state index contributed by atoms with van der Waals surface area (Å²) in [5, 5.41) is 0. The monoisotopic (exact) mass is 364 g/mol. The maximum Gasteiger partial charge on any atom is 0.263 e. The SMILES string of the molecule is CCN(C(=O)c1cccn(Cc2ccc(F)cc2)c1=O)c1ccccc1C. The lowest BCUT2D eigenvalue weighted by Crippen LogP contribution is -2.37. The Kier molecular flexibility index (Phi) is 5.50. The van der Waals surface area contributed by atoms with Crippen LogP contribution in [-0.2, 0) is 6.54 Å². The van der Waals surface area contributed by atoms with Gasteiger partial charge in [0.05, 0.1) is 6.54 Å². The second-order valence-electron chi connectivity index (χ2n) is 6.32. The van der Waals surface area contributed by atoms with Gasteiger partial charge in [-0.1, -0.05) is 30.3 Å². The maximum atomic E-state index is 13.1. The number of amides is 1. The van der Waals surface area contributed by atoms with Crippen molar-refractivity contribution < 1.29 is 9.18 Å². The summed E-state index contributed by atoms with van der Waals surface area (Å²) in [5.41, 5.74) is 2.30. The van der Waals surface area contributed by atoms with Gasteiger partial charge < -0.3 is 9.47 Å². The minimum atomic E-state index is -0.362. The Labute approximate surface area is 157 Å². The molecule has 0 saturated heterocycles. The number of carbonyl (C=O) groups excluding carboxylic acids is 1. The Hall–Kier alpha value is -3.21. The minimum Gasteiger partial charge on any atom is -0.310 e. The van der Waals surface area contributed by atoms with E-state index in [2.05, 4.69) is 0 Å². The normalized spacial score (nSPS) is 10.6. The summed E-state index contributed by atoms with van der Waals surface area (Å²) in [5.74, 6) is -0.655. The molecule has 0 aliphatic heterocycles. The summed E-state index contributed by atoms with van der Waals surface area (Å²) in [6, 6.07) is 16.8. The topological polar surface area (TPSA) is 42.3 Å². The van der Waals surface area contributed by atoms with Gasteiger partial charge in [-0.2, -0.15) is 0 Å². The summed E-state index contributed by atoms with van der Waals surface area (Å²) in [6.45, 7) is 4.54. The third-order valence-electron chi connectivity index (χ3n) is 4.48. The van der Waals surface area contributed by atoms with Crippen molar-refractivity contribution >= 4 is 11.6 Å². The zero-order chi connectivity index (χ0) is 19.4. The van der Waals surface area contributed by atoms with Gasteiger partial charge in [-0.3, -0.25) is 9.59 Å². The first kappa shape index (κ1) is 18.6. The molecular weight excluding hydrogens is 343 g/mol. The van der Waals surface area contributed by atoms with Gasteiger partial charge in [-0.15, -0.1) is 0 Å². The summed E-state index contributed by atoms with van der Waals surface area (Å²) in [7, 11) is 0. The van der Waals surface area contributed by atoms with Crippen molar-refractivity contribution in [1.82, 2.24) is 4.57 Å². The minimum absolute atomic E-state index is 0.115. The van der Waals surface area contributed by atoms with Crippen molar-refractivity contribution in [2.24, 2.45) is 0 Å². The van der Waals surface area contributed by atoms with E-state index in [9.17, 15) is 14.0 Å². The number of hydrogen-bond acceptors (Lipinski definition) is 2. The molecule has 0 spiro atoms. The van der Waals surface area contributed by atoms with Gasteiger partial charge >= 0.3 is 0 Å². The third-order valence-corrected chi connectivity index (χ3v) is 4.48. The molecule has 2 aromatic carbocycles. The van der Waals surface area contributed by atoms with Crippen LogP contribution in [0.5, 0.6) is 0 Å². The van der Waals surface area contributed by atoms with E-state index in [1.807, 2.05) is 38.1 Å². The van der Waals surface area contributed by atoms with Gasteiger partial charge in [0.2, 0.25) is 0 Å². The van der Waals surface area contributed by atoms with Gasteiger partial charge in [0.1, 0.15) is 11.4 Å². The molecule has 1 amide bonds. The van der Waals surface area contributed by atoms with Crippen LogP contribution in [0.25, 0.3) is 0 Å². The number of rotatable bonds is 5. The molecule has 0 unspecified atom stereocenters. The molecule has 0 bridgehead atoms. The van der Waals surface area contributed by atoms with Gasteiger partial charge in [-0.25, -0.2) is 4.39 Å². The average Bonchev–Trinajstić information content (AvgIpc) is 2.67. The fourth-order valence-corrected chi connectivity index (χ4v) is 3.05. The summed E-state index contributed by atoms with van der Waals surface area (Å²) in [4.78, 5) is 27.5. The molecule has 5 heteroatoms. The van der Waals surface area contributed by atoms with Crippen LogP contribution in [0.15, 0.2) is 71.7 Å². The first-order valence-corrected chi connectivity index (χ1v) is 8.82. The molecular formula is C22H21FN2O2. The molecule has 1 heterocycles. The molecule has 0 atom stereocenters. The molecule has 3 rings (SSSR count). The van der Waals surface area contributed by atoms with Crippen LogP contribution in [-0.4, -0.2) is 17.0 Å². The lowest BCUT2D eigenvalue weighted by molar-refractivity contribution is 0.0986. The van der Waals surface area contributed by atoms with Crippen LogP contribution in [0.2, 0.25) is 0 Å². The lowest BCUT2D eigenvalue weighted by Gasteiger charge is -2.23. The standard InChI is InChI=1S/C22H21FN2O2/c1-3-25(20-9-5-4-7-16(20)2)22(27)19-8-6-14-24(21(19)26)15-17-10-12-18(23)13-11-17/h4-14H,3,15H2,1-2H3. The van der Waals surface area contributed by atoms with E-state index in [1.165, 1.54) is 16.7 Å². The molecule has 138 valence electrons. The highest BCUT2D eigenvalue weighted by Crippen LogP contribution is 2.20. The van der Waals surface area contributed by atoms with Gasteiger partial charge in [0.15, 0.2) is 0 Å². The van der Waals surface area contributed by atoms with E-state index in [-0.39, 0.29) is 29.4 Å². The molecule has 0 radical (unpaired) electrons. The van der Waals surface area contributed by atoms with Crippen LogP contribution in [0, 0.1) is 12.7 Å². The molecule has 0 fully saturated rings. The number of aryl methyl sites for hydroxylation is 1. The van der Waals surface area contributed by atoms with E-state index in [1.54, 1.807) is 35.4 Å². The number of pyridine rings is 1. The number of halogens is 1. The molecule has 1 aromatic heterocycles. The zero-order valence-electron chi connectivity index (χ0n) is 15.4. The van der Waals surface area contributed by atoms with Crippen LogP contribution in [0.4, 0.5) is 10.1 Å². The van der Waals surface area contributed by atoms with Crippen molar-refractivity contribution in [3.8, 4) is 0 Å². The van der Waals surface area contributed by atoms with Gasteiger partial charge in [0.25, 0.3) is 11.5 Å². The second kappa shape index (κ2) is 7.99. The molecule has 0 N–H and O–H groups in total. The largest absolute Gasteiger partial charge is 0.310 e. The smallest absolute Gasteiger partial charge is 0.263 e. The van der Waals surface area contributed by atoms with Crippen LogP contribution in [0.3, 0.4) is 0 Å². The van der Waals surface area contributed by atoms with Crippen molar-refractivity contribution in [2.75, 3.05) is 11.4 Å². The van der Waals surface area contributed by atoms with Crippen LogP contribution in [0.1, 0.15) is 28.4 Å². The van der Waals surface area contributed by atoms with Crippen LogP contribution >= 0.6 is 0 Å². The fourth-order valence-electron chi connectivity index (χ4n) is 3.05. The molecule has 0 aliphatic carbocycles. The van der Waals surface area contributed by atoms with Crippen molar-refractivity contribution in [3.05, 3.63) is 99.7 Å². The zero-order valence-corrected chi connectivity index (χ0v) is 15.4. The highest BCUT2D eigenvalue weighted by molar-refractivity contribution is 6.06. The first-order valence-electron chi connectivity index (χ1n) is 8.82. The van der Waals surface area contributed by atoms with Crippen molar-refractivity contribution in [2.45, 2.75) is 20.4 Å². The predicted molar refractivity (Wildman–Crippen MR) is 105 cm³/mol. The van der Waals surface area contributed by atoms with Gasteiger partial charge in [0, 0.05) is 18.4 Å². The van der Waals surface area contributed by atoms with Crippen molar-refractivity contribution in [3.63, 3.8) is 0 Å². The molecule has 27 heavy (non-hydrogen) atoms. The van der Waals surface area contributed by atoms with E-state index in [0.717, 1.165) is 16.8 Å². The lowest BCUT2D eigenvalue weighted by atomic mass is 10.1. The van der Waals surface area contributed by atoms with E-state index in [4.69, 9.17) is 0 Å². The summed E-state index contributed by atoms with van der Waals surface area (Å²) in [6.07, 6.45) is 1.63. The Morgan fingerprint density at radius 2 is 1.74 bits per heavy atom. The quantitative estimate of drug-likeness (QED) is 0.686. The Morgan fingerprint density at radius 1 is 1.04 bits per heavy atom. The second-order valence-corrected chi connectivity index (χ2v) is 6.32. The number of anilines is 1. The fraction of sp³-hybridized carbons (Fsp3) is 0.182. The van der Waals surface area contributed by atoms with E-state index < -0.39 is 0 Å². The van der Waals surface area contributed by atoms with E-state index in [0.29, 0.717) is 6.54 Å². The molecule has 0 aliphatic rings.